The fourth-order valence-electron chi connectivity index (χ4n) is 2.02. The molecule has 0 unspecified atom stereocenters. The van der Waals surface area contributed by atoms with E-state index in [9.17, 15) is 4.79 Å². The largest absolute Gasteiger partial charge is 0.306 e. The number of rotatable bonds is 4. The van der Waals surface area contributed by atoms with Gasteiger partial charge in [0.25, 0.3) is 5.91 Å². The van der Waals surface area contributed by atoms with E-state index in [-0.39, 0.29) is 5.91 Å². The molecule has 0 aliphatic heterocycles. The third-order valence-corrected chi connectivity index (χ3v) is 3.52. The monoisotopic (exact) mass is 324 g/mol. The van der Waals surface area contributed by atoms with Crippen molar-refractivity contribution in [2.24, 2.45) is 5.10 Å². The first-order chi connectivity index (χ1) is 11.2. The molecule has 2 aromatic carbocycles. The Morgan fingerprint density at radius 2 is 1.96 bits per heavy atom. The van der Waals surface area contributed by atoms with Crippen molar-refractivity contribution in [3.63, 3.8) is 0 Å². The Bertz CT molecular complexity index is 826. The third-order valence-electron chi connectivity index (χ3n) is 3.19. The van der Waals surface area contributed by atoms with Gasteiger partial charge in [-0.1, -0.05) is 35.9 Å². The molecular formula is C17H13ClN4O. The molecule has 0 saturated heterocycles. The Hall–Kier alpha value is -2.92. The van der Waals surface area contributed by atoms with E-state index in [1.807, 2.05) is 35.0 Å². The number of amides is 1. The molecule has 1 N–H and O–H groups in total. The molecule has 0 spiro atoms. The summed E-state index contributed by atoms with van der Waals surface area (Å²) in [6.07, 6.45) is 6.89. The second kappa shape index (κ2) is 6.89. The molecule has 23 heavy (non-hydrogen) atoms. The van der Waals surface area contributed by atoms with Gasteiger partial charge in [0.05, 0.1) is 23.1 Å². The Morgan fingerprint density at radius 1 is 1.17 bits per heavy atom. The van der Waals surface area contributed by atoms with Gasteiger partial charge in [0.15, 0.2) is 0 Å². The molecule has 114 valence electrons. The highest BCUT2D eigenvalue weighted by atomic mass is 35.5. The molecule has 0 radical (unpaired) electrons. The van der Waals surface area contributed by atoms with E-state index >= 15 is 0 Å². The van der Waals surface area contributed by atoms with Crippen molar-refractivity contribution in [2.75, 3.05) is 0 Å². The summed E-state index contributed by atoms with van der Waals surface area (Å²) in [5, 5.41) is 4.34. The maximum Gasteiger partial charge on any atom is 0.272 e. The number of nitrogens with zero attached hydrogens (tertiary/aromatic N) is 3. The van der Waals surface area contributed by atoms with Gasteiger partial charge in [-0.3, -0.25) is 4.79 Å². The van der Waals surface area contributed by atoms with Crippen LogP contribution in [0.4, 0.5) is 0 Å². The SMILES string of the molecule is O=C(N/N=C/c1ccc(-n2ccnc2)cc1)c1ccccc1Cl. The van der Waals surface area contributed by atoms with Crippen LogP contribution in [0, 0.1) is 0 Å². The Balaban J connectivity index is 1.64. The van der Waals surface area contributed by atoms with Crippen LogP contribution >= 0.6 is 11.6 Å². The van der Waals surface area contributed by atoms with Gasteiger partial charge in [0.2, 0.25) is 0 Å². The second-order valence-corrected chi connectivity index (χ2v) is 5.15. The summed E-state index contributed by atoms with van der Waals surface area (Å²) in [5.74, 6) is -0.345. The lowest BCUT2D eigenvalue weighted by molar-refractivity contribution is 0.0955. The number of aromatic nitrogens is 2. The van der Waals surface area contributed by atoms with Gasteiger partial charge in [-0.2, -0.15) is 5.10 Å². The zero-order chi connectivity index (χ0) is 16.1. The summed E-state index contributed by atoms with van der Waals surface area (Å²) in [6.45, 7) is 0. The number of carbonyl (C=O) groups is 1. The molecule has 0 bridgehead atoms. The molecule has 0 aliphatic carbocycles. The minimum absolute atomic E-state index is 0.345. The predicted molar refractivity (Wildman–Crippen MR) is 90.1 cm³/mol. The van der Waals surface area contributed by atoms with E-state index in [0.29, 0.717) is 10.6 Å². The van der Waals surface area contributed by atoms with Gasteiger partial charge in [0, 0.05) is 18.1 Å². The first-order valence-corrected chi connectivity index (χ1v) is 7.28. The zero-order valence-electron chi connectivity index (χ0n) is 12.1. The van der Waals surface area contributed by atoms with Crippen LogP contribution in [-0.2, 0) is 0 Å². The smallest absolute Gasteiger partial charge is 0.272 e. The molecule has 1 amide bonds. The number of hydrazone groups is 1. The number of nitrogens with one attached hydrogen (secondary N) is 1. The summed E-state index contributed by atoms with van der Waals surface area (Å²) in [5.41, 5.74) is 4.72. The van der Waals surface area contributed by atoms with Gasteiger partial charge in [-0.25, -0.2) is 10.4 Å². The number of halogens is 1. The van der Waals surface area contributed by atoms with E-state index in [4.69, 9.17) is 11.6 Å². The van der Waals surface area contributed by atoms with Crippen LogP contribution in [-0.4, -0.2) is 21.7 Å². The number of hydrogen-bond acceptors (Lipinski definition) is 3. The molecule has 0 atom stereocenters. The quantitative estimate of drug-likeness (QED) is 0.591. The zero-order valence-corrected chi connectivity index (χ0v) is 12.8. The van der Waals surface area contributed by atoms with Crippen LogP contribution in [0.1, 0.15) is 15.9 Å². The molecule has 0 fully saturated rings. The van der Waals surface area contributed by atoms with Crippen LogP contribution in [0.3, 0.4) is 0 Å². The van der Waals surface area contributed by atoms with Crippen molar-refractivity contribution in [1.29, 1.82) is 0 Å². The topological polar surface area (TPSA) is 59.3 Å². The molecule has 3 aromatic rings. The standard InChI is InChI=1S/C17H13ClN4O/c18-16-4-2-1-3-15(16)17(23)21-20-11-13-5-7-14(8-6-13)22-10-9-19-12-22/h1-12H,(H,21,23)/b20-11+. The molecule has 0 aliphatic rings. The van der Waals surface area contributed by atoms with Crippen molar-refractivity contribution in [3.8, 4) is 5.69 Å². The molecule has 1 heterocycles. The summed E-state index contributed by atoms with van der Waals surface area (Å²) in [6, 6.07) is 14.5. The van der Waals surface area contributed by atoms with Crippen molar-refractivity contribution in [2.45, 2.75) is 0 Å². The normalized spacial score (nSPS) is 10.8. The van der Waals surface area contributed by atoms with E-state index in [1.165, 1.54) is 0 Å². The number of imidazole rings is 1. The lowest BCUT2D eigenvalue weighted by atomic mass is 10.2. The van der Waals surface area contributed by atoms with Crippen LogP contribution in [0.2, 0.25) is 5.02 Å². The maximum absolute atomic E-state index is 11.9. The van der Waals surface area contributed by atoms with E-state index in [1.54, 1.807) is 43.0 Å². The Kier molecular flexibility index (Phi) is 4.49. The number of hydrogen-bond donors (Lipinski definition) is 1. The summed E-state index contributed by atoms with van der Waals surface area (Å²) >= 11 is 5.96. The van der Waals surface area contributed by atoms with E-state index in [0.717, 1.165) is 11.3 Å². The summed E-state index contributed by atoms with van der Waals surface area (Å²) in [7, 11) is 0. The first-order valence-electron chi connectivity index (χ1n) is 6.90. The molecule has 3 rings (SSSR count). The third kappa shape index (κ3) is 3.64. The molecular weight excluding hydrogens is 312 g/mol. The Morgan fingerprint density at radius 3 is 2.65 bits per heavy atom. The lowest BCUT2D eigenvalue weighted by Gasteiger charge is -2.03. The fourth-order valence-corrected chi connectivity index (χ4v) is 2.24. The second-order valence-electron chi connectivity index (χ2n) is 4.74. The predicted octanol–water partition coefficient (Wildman–Crippen LogP) is 3.29. The van der Waals surface area contributed by atoms with Crippen LogP contribution in [0.15, 0.2) is 72.4 Å². The van der Waals surface area contributed by atoms with Crippen LogP contribution in [0.25, 0.3) is 5.69 Å². The van der Waals surface area contributed by atoms with Crippen LogP contribution in [0.5, 0.6) is 0 Å². The lowest BCUT2D eigenvalue weighted by Crippen LogP contribution is -2.17. The first kappa shape index (κ1) is 15.0. The fraction of sp³-hybridized carbons (Fsp3) is 0. The minimum Gasteiger partial charge on any atom is -0.306 e. The molecule has 1 aromatic heterocycles. The maximum atomic E-state index is 11.9. The average Bonchev–Trinajstić information content (AvgIpc) is 3.10. The highest BCUT2D eigenvalue weighted by Crippen LogP contribution is 2.14. The highest BCUT2D eigenvalue weighted by molar-refractivity contribution is 6.33. The van der Waals surface area contributed by atoms with Crippen molar-refractivity contribution in [1.82, 2.24) is 15.0 Å². The van der Waals surface area contributed by atoms with E-state index in [2.05, 4.69) is 15.5 Å². The summed E-state index contributed by atoms with van der Waals surface area (Å²) < 4.78 is 1.90. The summed E-state index contributed by atoms with van der Waals surface area (Å²) in [4.78, 5) is 15.9. The van der Waals surface area contributed by atoms with Gasteiger partial charge < -0.3 is 4.57 Å². The van der Waals surface area contributed by atoms with Gasteiger partial charge >= 0.3 is 0 Å². The van der Waals surface area contributed by atoms with Crippen molar-refractivity contribution < 1.29 is 4.79 Å². The number of carbonyl (C=O) groups excluding carboxylic acids is 1. The minimum atomic E-state index is -0.345. The average molecular weight is 325 g/mol. The molecule has 6 heteroatoms. The van der Waals surface area contributed by atoms with Gasteiger partial charge in [0.1, 0.15) is 0 Å². The van der Waals surface area contributed by atoms with Crippen LogP contribution < -0.4 is 5.43 Å². The van der Waals surface area contributed by atoms with Gasteiger partial charge in [-0.05, 0) is 29.8 Å². The number of benzene rings is 2. The highest BCUT2D eigenvalue weighted by Gasteiger charge is 2.07. The van der Waals surface area contributed by atoms with E-state index < -0.39 is 0 Å². The van der Waals surface area contributed by atoms with Gasteiger partial charge in [-0.15, -0.1) is 0 Å². The van der Waals surface area contributed by atoms with Crippen molar-refractivity contribution in [3.05, 3.63) is 83.4 Å². The molecule has 0 saturated carbocycles. The Labute approximate surface area is 138 Å². The van der Waals surface area contributed by atoms with Crippen molar-refractivity contribution >= 4 is 23.7 Å². The molecule has 5 nitrogen and oxygen atoms in total.